The van der Waals surface area contributed by atoms with Crippen LogP contribution in [0.3, 0.4) is 0 Å². The summed E-state index contributed by atoms with van der Waals surface area (Å²) in [5, 5.41) is 10.7. The Bertz CT molecular complexity index is 342. The number of rotatable bonds is 29. The first-order chi connectivity index (χ1) is 16.7. The van der Waals surface area contributed by atoms with E-state index in [0.29, 0.717) is 19.6 Å². The summed E-state index contributed by atoms with van der Waals surface area (Å²) in [6.07, 6.45) is 30.3. The van der Waals surface area contributed by atoms with E-state index in [9.17, 15) is 5.11 Å². The average molecular weight is 485 g/mol. The molecule has 0 aromatic rings. The van der Waals surface area contributed by atoms with Crippen LogP contribution in [0.5, 0.6) is 0 Å². The number of hydrogen-bond donors (Lipinski definition) is 1. The molecule has 0 unspecified atom stereocenters. The molecule has 0 aromatic heterocycles. The fraction of sp³-hybridized carbons (Fsp3) is 1.00. The zero-order valence-electron chi connectivity index (χ0n) is 23.9. The highest BCUT2D eigenvalue weighted by molar-refractivity contribution is 4.75. The van der Waals surface area contributed by atoms with Crippen LogP contribution < -0.4 is 0 Å². The minimum Gasteiger partial charge on any atom is -0.385 e. The van der Waals surface area contributed by atoms with Crippen LogP contribution in [0.2, 0.25) is 0 Å². The molecule has 0 radical (unpaired) electrons. The van der Waals surface area contributed by atoms with Crippen molar-refractivity contribution in [3.63, 3.8) is 0 Å². The van der Waals surface area contributed by atoms with Gasteiger partial charge < -0.3 is 14.6 Å². The molecule has 0 fully saturated rings. The molecule has 0 heterocycles. The van der Waals surface area contributed by atoms with Gasteiger partial charge in [-0.25, -0.2) is 0 Å². The highest BCUT2D eigenvalue weighted by Gasteiger charge is 2.25. The predicted octanol–water partition coefficient (Wildman–Crippen LogP) is 9.78. The minimum atomic E-state index is -0.824. The van der Waals surface area contributed by atoms with Gasteiger partial charge in [0.05, 0.1) is 13.2 Å². The van der Waals surface area contributed by atoms with E-state index in [1.165, 1.54) is 128 Å². The molecule has 0 rings (SSSR count). The first kappa shape index (κ1) is 33.9. The molecule has 0 aliphatic carbocycles. The fourth-order valence-corrected chi connectivity index (χ4v) is 4.51. The Labute approximate surface area is 215 Å². The summed E-state index contributed by atoms with van der Waals surface area (Å²) in [5.74, 6) is 0. The Morgan fingerprint density at radius 3 is 0.941 bits per heavy atom. The summed E-state index contributed by atoms with van der Waals surface area (Å²) in [5.41, 5.74) is -0.824. The van der Waals surface area contributed by atoms with Crippen LogP contribution >= 0.6 is 0 Å². The Kier molecular flexibility index (Phi) is 27.4. The SMILES string of the molecule is CCCCCCCCCCCCCOCC(O)(CC)COCCCCCCCCCCCCC. The molecule has 34 heavy (non-hydrogen) atoms. The predicted molar refractivity (Wildman–Crippen MR) is 150 cm³/mol. The third-order valence-electron chi connectivity index (χ3n) is 7.18. The highest BCUT2D eigenvalue weighted by Crippen LogP contribution is 2.15. The standard InChI is InChI=1S/C31H64O3/c1-4-7-9-11-13-15-17-19-21-23-25-27-33-29-31(32,6-3)30-34-28-26-24-22-20-18-16-14-12-10-8-5-2/h32H,4-30H2,1-3H3. The summed E-state index contributed by atoms with van der Waals surface area (Å²) in [4.78, 5) is 0. The zero-order chi connectivity index (χ0) is 25.0. The maximum atomic E-state index is 10.7. The van der Waals surface area contributed by atoms with Crippen LogP contribution in [0.25, 0.3) is 0 Å². The molecule has 0 amide bonds. The summed E-state index contributed by atoms with van der Waals surface area (Å²) in [7, 11) is 0. The maximum Gasteiger partial charge on any atom is 0.111 e. The third-order valence-corrected chi connectivity index (χ3v) is 7.18. The second kappa shape index (κ2) is 27.5. The Hall–Kier alpha value is -0.120. The molecule has 1 N–H and O–H groups in total. The van der Waals surface area contributed by atoms with Crippen molar-refractivity contribution in [2.24, 2.45) is 0 Å². The lowest BCUT2D eigenvalue weighted by molar-refractivity contribution is -0.0981. The van der Waals surface area contributed by atoms with Gasteiger partial charge in [-0.2, -0.15) is 0 Å². The summed E-state index contributed by atoms with van der Waals surface area (Å²) in [6, 6.07) is 0. The van der Waals surface area contributed by atoms with Gasteiger partial charge in [-0.15, -0.1) is 0 Å². The molecule has 0 saturated heterocycles. The van der Waals surface area contributed by atoms with Crippen molar-refractivity contribution < 1.29 is 14.6 Å². The van der Waals surface area contributed by atoms with Gasteiger partial charge in [-0.05, 0) is 19.3 Å². The van der Waals surface area contributed by atoms with E-state index in [0.717, 1.165) is 26.1 Å². The van der Waals surface area contributed by atoms with Crippen LogP contribution in [0.1, 0.15) is 168 Å². The maximum absolute atomic E-state index is 10.7. The molecular weight excluding hydrogens is 420 g/mol. The van der Waals surface area contributed by atoms with E-state index in [-0.39, 0.29) is 0 Å². The first-order valence-electron chi connectivity index (χ1n) is 15.6. The molecule has 0 bridgehead atoms. The van der Waals surface area contributed by atoms with Gasteiger partial charge in [-0.3, -0.25) is 0 Å². The van der Waals surface area contributed by atoms with Crippen molar-refractivity contribution in [2.75, 3.05) is 26.4 Å². The van der Waals surface area contributed by atoms with Crippen molar-refractivity contribution in [3.8, 4) is 0 Å². The van der Waals surface area contributed by atoms with E-state index in [2.05, 4.69) is 13.8 Å². The van der Waals surface area contributed by atoms with Crippen molar-refractivity contribution in [1.29, 1.82) is 0 Å². The van der Waals surface area contributed by atoms with Gasteiger partial charge in [0.2, 0.25) is 0 Å². The lowest BCUT2D eigenvalue weighted by Crippen LogP contribution is -2.39. The van der Waals surface area contributed by atoms with Crippen molar-refractivity contribution in [2.45, 2.75) is 174 Å². The summed E-state index contributed by atoms with van der Waals surface area (Å²) >= 11 is 0. The third kappa shape index (κ3) is 25.0. The van der Waals surface area contributed by atoms with Crippen LogP contribution in [0, 0.1) is 0 Å². The Morgan fingerprint density at radius 1 is 0.412 bits per heavy atom. The van der Waals surface area contributed by atoms with Crippen LogP contribution in [0.15, 0.2) is 0 Å². The van der Waals surface area contributed by atoms with Gasteiger partial charge in [0.15, 0.2) is 0 Å². The van der Waals surface area contributed by atoms with Crippen LogP contribution in [-0.2, 0) is 9.47 Å². The number of hydrogen-bond acceptors (Lipinski definition) is 3. The van der Waals surface area contributed by atoms with Crippen molar-refractivity contribution in [1.82, 2.24) is 0 Å². The minimum absolute atomic E-state index is 0.402. The van der Waals surface area contributed by atoms with Gasteiger partial charge in [-0.1, -0.05) is 149 Å². The Morgan fingerprint density at radius 2 is 0.676 bits per heavy atom. The number of ether oxygens (including phenoxy) is 2. The number of aliphatic hydroxyl groups is 1. The van der Waals surface area contributed by atoms with Crippen LogP contribution in [0.4, 0.5) is 0 Å². The molecule has 0 aromatic carbocycles. The molecule has 3 nitrogen and oxygen atoms in total. The molecule has 0 spiro atoms. The van der Waals surface area contributed by atoms with Crippen molar-refractivity contribution >= 4 is 0 Å². The average Bonchev–Trinajstić information content (AvgIpc) is 2.85. The van der Waals surface area contributed by atoms with E-state index in [1.807, 2.05) is 6.92 Å². The number of unbranched alkanes of at least 4 members (excludes halogenated alkanes) is 20. The molecule has 3 heteroatoms. The molecule has 0 saturated carbocycles. The van der Waals surface area contributed by atoms with Gasteiger partial charge in [0, 0.05) is 13.2 Å². The lowest BCUT2D eigenvalue weighted by Gasteiger charge is -2.26. The smallest absolute Gasteiger partial charge is 0.111 e. The van der Waals surface area contributed by atoms with Gasteiger partial charge >= 0.3 is 0 Å². The molecule has 0 atom stereocenters. The molecule has 0 aliphatic rings. The topological polar surface area (TPSA) is 38.7 Å². The van der Waals surface area contributed by atoms with E-state index >= 15 is 0 Å². The van der Waals surface area contributed by atoms with Gasteiger partial charge in [0.25, 0.3) is 0 Å². The molecule has 0 aliphatic heterocycles. The fourth-order valence-electron chi connectivity index (χ4n) is 4.51. The zero-order valence-corrected chi connectivity index (χ0v) is 23.9. The van der Waals surface area contributed by atoms with E-state index < -0.39 is 5.60 Å². The van der Waals surface area contributed by atoms with Crippen molar-refractivity contribution in [3.05, 3.63) is 0 Å². The lowest BCUT2D eigenvalue weighted by atomic mass is 10.0. The Balaban J connectivity index is 3.42. The summed E-state index contributed by atoms with van der Waals surface area (Å²) < 4.78 is 11.6. The quantitative estimate of drug-likeness (QED) is 0.107. The van der Waals surface area contributed by atoms with E-state index in [1.54, 1.807) is 0 Å². The second-order valence-electron chi connectivity index (χ2n) is 10.8. The highest BCUT2D eigenvalue weighted by atomic mass is 16.5. The van der Waals surface area contributed by atoms with Gasteiger partial charge in [0.1, 0.15) is 5.60 Å². The second-order valence-corrected chi connectivity index (χ2v) is 10.8. The largest absolute Gasteiger partial charge is 0.385 e. The molecule has 206 valence electrons. The van der Waals surface area contributed by atoms with E-state index in [4.69, 9.17) is 9.47 Å². The normalized spacial score (nSPS) is 12.0. The first-order valence-corrected chi connectivity index (χ1v) is 15.6. The van der Waals surface area contributed by atoms with Crippen LogP contribution in [-0.4, -0.2) is 37.1 Å². The molecular formula is C31H64O3. The monoisotopic (exact) mass is 484 g/mol. The summed E-state index contributed by atoms with van der Waals surface area (Å²) in [6.45, 7) is 8.91.